The van der Waals surface area contributed by atoms with Gasteiger partial charge in [-0.05, 0) is 24.3 Å². The molecule has 0 atom stereocenters. The molecule has 0 amide bonds. The Balaban J connectivity index is 1.91. The highest BCUT2D eigenvalue weighted by Gasteiger charge is 2.04. The Bertz CT molecular complexity index is 514. The van der Waals surface area contributed by atoms with E-state index in [2.05, 4.69) is 15.4 Å². The molecular formula is C12H17N5O2. The smallest absolute Gasteiger partial charge is 0.212 e. The van der Waals surface area contributed by atoms with Gasteiger partial charge in [-0.15, -0.1) is 10.2 Å². The summed E-state index contributed by atoms with van der Waals surface area (Å²) in [6, 6.07) is 7.44. The molecule has 0 saturated heterocycles. The summed E-state index contributed by atoms with van der Waals surface area (Å²) in [5.41, 5.74) is 5.41. The van der Waals surface area contributed by atoms with E-state index in [0.717, 1.165) is 5.75 Å². The van der Waals surface area contributed by atoms with Crippen LogP contribution >= 0.6 is 0 Å². The summed E-state index contributed by atoms with van der Waals surface area (Å²) in [6.45, 7) is 3.85. The lowest BCUT2D eigenvalue weighted by molar-refractivity contribution is 0.290. The van der Waals surface area contributed by atoms with E-state index in [-0.39, 0.29) is 6.61 Å². The Morgan fingerprint density at radius 2 is 2.05 bits per heavy atom. The van der Waals surface area contributed by atoms with Crippen LogP contribution in [0, 0.1) is 0 Å². The van der Waals surface area contributed by atoms with Crippen LogP contribution in [0.2, 0.25) is 0 Å². The quantitative estimate of drug-likeness (QED) is 0.787. The molecule has 0 unspecified atom stereocenters. The molecule has 102 valence electrons. The predicted octanol–water partition coefficient (Wildman–Crippen LogP) is 0.609. The van der Waals surface area contributed by atoms with E-state index in [1.54, 1.807) is 0 Å². The van der Waals surface area contributed by atoms with Gasteiger partial charge in [0.15, 0.2) is 6.61 Å². The van der Waals surface area contributed by atoms with E-state index >= 15 is 0 Å². The Hall–Kier alpha value is -2.15. The fraction of sp³-hybridized carbons (Fsp3) is 0.417. The van der Waals surface area contributed by atoms with Crippen LogP contribution in [-0.2, 0) is 13.2 Å². The summed E-state index contributed by atoms with van der Waals surface area (Å²) in [4.78, 5) is 1.45. The molecule has 1 aromatic heterocycles. The largest absolute Gasteiger partial charge is 0.494 e. The van der Waals surface area contributed by atoms with E-state index in [1.807, 2.05) is 31.2 Å². The number of nitrogens with zero attached hydrogens (tertiary/aromatic N) is 4. The second-order valence-corrected chi connectivity index (χ2v) is 3.79. The van der Waals surface area contributed by atoms with Crippen molar-refractivity contribution >= 4 is 0 Å². The van der Waals surface area contributed by atoms with E-state index in [4.69, 9.17) is 15.2 Å². The molecule has 1 aromatic carbocycles. The van der Waals surface area contributed by atoms with Crippen LogP contribution < -0.4 is 15.2 Å². The highest BCUT2D eigenvalue weighted by Crippen LogP contribution is 2.19. The standard InChI is InChI=1S/C12H17N5O2/c1-2-18-10-4-3-5-11(8-10)19-9-12-14-16-17(15-12)7-6-13/h3-5,8H,2,6-7,9,13H2,1H3. The second kappa shape index (κ2) is 6.69. The zero-order valence-electron chi connectivity index (χ0n) is 10.8. The first-order valence-corrected chi connectivity index (χ1v) is 6.14. The molecular weight excluding hydrogens is 246 g/mol. The van der Waals surface area contributed by atoms with Gasteiger partial charge in [-0.25, -0.2) is 0 Å². The molecule has 2 N–H and O–H groups in total. The second-order valence-electron chi connectivity index (χ2n) is 3.79. The predicted molar refractivity (Wildman–Crippen MR) is 68.8 cm³/mol. The fourth-order valence-corrected chi connectivity index (χ4v) is 1.51. The summed E-state index contributed by atoms with van der Waals surface area (Å²) in [5, 5.41) is 11.9. The average Bonchev–Trinajstić information content (AvgIpc) is 2.86. The first kappa shape index (κ1) is 13.3. The van der Waals surface area contributed by atoms with E-state index in [0.29, 0.717) is 31.3 Å². The minimum Gasteiger partial charge on any atom is -0.494 e. The lowest BCUT2D eigenvalue weighted by atomic mass is 10.3. The van der Waals surface area contributed by atoms with Crippen LogP contribution in [0.25, 0.3) is 0 Å². The van der Waals surface area contributed by atoms with Gasteiger partial charge in [0.25, 0.3) is 0 Å². The topological polar surface area (TPSA) is 88.1 Å². The van der Waals surface area contributed by atoms with Gasteiger partial charge in [0.2, 0.25) is 5.82 Å². The molecule has 0 fully saturated rings. The van der Waals surface area contributed by atoms with Crippen LogP contribution in [0.5, 0.6) is 11.5 Å². The number of aromatic nitrogens is 4. The van der Waals surface area contributed by atoms with Gasteiger partial charge in [0.1, 0.15) is 11.5 Å². The van der Waals surface area contributed by atoms with Crippen molar-refractivity contribution in [2.75, 3.05) is 13.2 Å². The lowest BCUT2D eigenvalue weighted by Gasteiger charge is -2.06. The van der Waals surface area contributed by atoms with Crippen molar-refractivity contribution in [3.8, 4) is 11.5 Å². The monoisotopic (exact) mass is 263 g/mol. The first-order chi connectivity index (χ1) is 9.31. The summed E-state index contributed by atoms with van der Waals surface area (Å²) in [6.07, 6.45) is 0. The molecule has 0 spiro atoms. The average molecular weight is 263 g/mol. The Morgan fingerprint density at radius 1 is 1.26 bits per heavy atom. The highest BCUT2D eigenvalue weighted by molar-refractivity contribution is 5.32. The summed E-state index contributed by atoms with van der Waals surface area (Å²) in [5.74, 6) is 2.01. The summed E-state index contributed by atoms with van der Waals surface area (Å²) >= 11 is 0. The van der Waals surface area contributed by atoms with Crippen LogP contribution in [0.15, 0.2) is 24.3 Å². The molecule has 7 heteroatoms. The van der Waals surface area contributed by atoms with Gasteiger partial charge in [0, 0.05) is 12.6 Å². The van der Waals surface area contributed by atoms with Gasteiger partial charge < -0.3 is 15.2 Å². The van der Waals surface area contributed by atoms with Crippen molar-refractivity contribution in [3.05, 3.63) is 30.1 Å². The normalized spacial score (nSPS) is 10.4. The Kier molecular flexibility index (Phi) is 4.68. The first-order valence-electron chi connectivity index (χ1n) is 6.14. The maximum Gasteiger partial charge on any atom is 0.212 e. The molecule has 0 aliphatic rings. The molecule has 0 saturated carbocycles. The molecule has 0 aliphatic heterocycles. The van der Waals surface area contributed by atoms with Gasteiger partial charge in [-0.1, -0.05) is 6.07 Å². The molecule has 0 radical (unpaired) electrons. The third-order valence-electron chi connectivity index (χ3n) is 2.31. The molecule has 0 bridgehead atoms. The Labute approximate surface area is 111 Å². The zero-order valence-corrected chi connectivity index (χ0v) is 10.8. The van der Waals surface area contributed by atoms with Crippen molar-refractivity contribution in [1.82, 2.24) is 20.2 Å². The minimum absolute atomic E-state index is 0.264. The highest BCUT2D eigenvalue weighted by atomic mass is 16.5. The van der Waals surface area contributed by atoms with Gasteiger partial charge in [-0.3, -0.25) is 0 Å². The number of hydrogen-bond acceptors (Lipinski definition) is 6. The maximum absolute atomic E-state index is 5.58. The van der Waals surface area contributed by atoms with E-state index < -0.39 is 0 Å². The van der Waals surface area contributed by atoms with E-state index in [9.17, 15) is 0 Å². The molecule has 0 aliphatic carbocycles. The number of ether oxygens (including phenoxy) is 2. The van der Waals surface area contributed by atoms with Gasteiger partial charge in [0.05, 0.1) is 13.2 Å². The SMILES string of the molecule is CCOc1cccc(OCc2nnn(CCN)n2)c1. The lowest BCUT2D eigenvalue weighted by Crippen LogP contribution is -2.12. The fourth-order valence-electron chi connectivity index (χ4n) is 1.51. The number of rotatable bonds is 7. The third-order valence-corrected chi connectivity index (χ3v) is 2.31. The molecule has 2 aromatic rings. The maximum atomic E-state index is 5.58. The van der Waals surface area contributed by atoms with Crippen LogP contribution in [-0.4, -0.2) is 33.4 Å². The van der Waals surface area contributed by atoms with Crippen molar-refractivity contribution < 1.29 is 9.47 Å². The number of benzene rings is 1. The summed E-state index contributed by atoms with van der Waals surface area (Å²) < 4.78 is 11.0. The van der Waals surface area contributed by atoms with Crippen molar-refractivity contribution in [3.63, 3.8) is 0 Å². The molecule has 7 nitrogen and oxygen atoms in total. The third kappa shape index (κ3) is 3.92. The zero-order chi connectivity index (χ0) is 13.5. The molecule has 2 rings (SSSR count). The van der Waals surface area contributed by atoms with E-state index in [1.165, 1.54) is 4.80 Å². The number of hydrogen-bond donors (Lipinski definition) is 1. The van der Waals surface area contributed by atoms with Crippen molar-refractivity contribution in [1.29, 1.82) is 0 Å². The number of nitrogens with two attached hydrogens (primary N) is 1. The summed E-state index contributed by atoms with van der Waals surface area (Å²) in [7, 11) is 0. The Morgan fingerprint density at radius 3 is 2.79 bits per heavy atom. The number of tetrazole rings is 1. The minimum atomic E-state index is 0.264. The van der Waals surface area contributed by atoms with Crippen LogP contribution in [0.1, 0.15) is 12.7 Å². The van der Waals surface area contributed by atoms with Gasteiger partial charge >= 0.3 is 0 Å². The van der Waals surface area contributed by atoms with Crippen molar-refractivity contribution in [2.45, 2.75) is 20.1 Å². The van der Waals surface area contributed by atoms with Crippen LogP contribution in [0.4, 0.5) is 0 Å². The molecule has 1 heterocycles. The van der Waals surface area contributed by atoms with Crippen LogP contribution in [0.3, 0.4) is 0 Å². The van der Waals surface area contributed by atoms with Crippen molar-refractivity contribution in [2.24, 2.45) is 5.73 Å². The molecule has 19 heavy (non-hydrogen) atoms. The van der Waals surface area contributed by atoms with Gasteiger partial charge in [-0.2, -0.15) is 4.80 Å².